The van der Waals surface area contributed by atoms with E-state index in [1.165, 1.54) is 31.5 Å². The molecule has 3 N–H and O–H groups in total. The molecule has 4 heteroatoms. The molecule has 1 aromatic carbocycles. The molecule has 1 saturated heterocycles. The van der Waals surface area contributed by atoms with Crippen molar-refractivity contribution in [2.24, 2.45) is 5.73 Å². The van der Waals surface area contributed by atoms with Crippen LogP contribution in [0.25, 0.3) is 0 Å². The van der Waals surface area contributed by atoms with Gasteiger partial charge in [-0.2, -0.15) is 0 Å². The molecule has 1 amide bonds. The summed E-state index contributed by atoms with van der Waals surface area (Å²) in [5.41, 5.74) is 7.43. The van der Waals surface area contributed by atoms with Crippen LogP contribution in [0.2, 0.25) is 0 Å². The number of nitrogens with two attached hydrogens (primary N) is 1. The van der Waals surface area contributed by atoms with Crippen molar-refractivity contribution in [1.29, 1.82) is 0 Å². The topological polar surface area (TPSA) is 58.4 Å². The summed E-state index contributed by atoms with van der Waals surface area (Å²) < 4.78 is 0. The van der Waals surface area contributed by atoms with Gasteiger partial charge in [0.05, 0.1) is 5.54 Å². The summed E-state index contributed by atoms with van der Waals surface area (Å²) in [6, 6.07) is 8.15. The number of hydrogen-bond donors (Lipinski definition) is 2. The molecule has 4 nitrogen and oxygen atoms in total. The van der Waals surface area contributed by atoms with E-state index >= 15 is 0 Å². The summed E-state index contributed by atoms with van der Waals surface area (Å²) in [4.78, 5) is 14.4. The number of nitrogens with one attached hydrogen (secondary N) is 1. The van der Waals surface area contributed by atoms with Crippen LogP contribution in [0.15, 0.2) is 24.3 Å². The van der Waals surface area contributed by atoms with Crippen LogP contribution in [0, 0.1) is 0 Å². The first-order valence-electron chi connectivity index (χ1n) is 7.57. The fourth-order valence-corrected chi connectivity index (χ4v) is 2.67. The van der Waals surface area contributed by atoms with Gasteiger partial charge in [0.2, 0.25) is 5.91 Å². The molecule has 1 aliphatic carbocycles. The summed E-state index contributed by atoms with van der Waals surface area (Å²) in [6.45, 7) is 3.62. The Hall–Kier alpha value is -1.39. The number of amides is 1. The van der Waals surface area contributed by atoms with E-state index in [1.54, 1.807) is 0 Å². The van der Waals surface area contributed by atoms with Crippen molar-refractivity contribution in [1.82, 2.24) is 4.90 Å². The predicted molar refractivity (Wildman–Crippen MR) is 80.6 cm³/mol. The van der Waals surface area contributed by atoms with Gasteiger partial charge in [0.15, 0.2) is 0 Å². The first-order valence-corrected chi connectivity index (χ1v) is 7.57. The Bertz CT molecular complexity index is 473. The molecule has 20 heavy (non-hydrogen) atoms. The van der Waals surface area contributed by atoms with Crippen LogP contribution in [-0.4, -0.2) is 36.0 Å². The minimum atomic E-state index is -0.603. The Morgan fingerprint density at radius 2 is 1.85 bits per heavy atom. The number of anilines is 1. The monoisotopic (exact) mass is 273 g/mol. The molecule has 108 valence electrons. The summed E-state index contributed by atoms with van der Waals surface area (Å²) in [5, 5.41) is 2.89. The highest BCUT2D eigenvalue weighted by Gasteiger charge is 2.45. The van der Waals surface area contributed by atoms with Crippen LogP contribution < -0.4 is 11.1 Å². The van der Waals surface area contributed by atoms with E-state index in [0.717, 1.165) is 31.5 Å². The third-order valence-electron chi connectivity index (χ3n) is 4.37. The molecule has 0 bridgehead atoms. The zero-order valence-corrected chi connectivity index (χ0v) is 11.9. The molecule has 1 aliphatic heterocycles. The number of hydrogen-bond acceptors (Lipinski definition) is 3. The average Bonchev–Trinajstić information content (AvgIpc) is 3.01. The number of rotatable bonds is 5. The maximum Gasteiger partial charge on any atom is 0.244 e. The van der Waals surface area contributed by atoms with Gasteiger partial charge in [0, 0.05) is 12.2 Å². The van der Waals surface area contributed by atoms with Crippen LogP contribution in [0.1, 0.15) is 31.2 Å². The lowest BCUT2D eigenvalue weighted by Crippen LogP contribution is -2.37. The van der Waals surface area contributed by atoms with E-state index in [2.05, 4.69) is 22.3 Å². The number of carbonyl (C=O) groups excluding carboxylic acids is 1. The first kappa shape index (κ1) is 13.6. The van der Waals surface area contributed by atoms with Gasteiger partial charge in [-0.15, -0.1) is 0 Å². The third-order valence-corrected chi connectivity index (χ3v) is 4.37. The van der Waals surface area contributed by atoms with Crippen LogP contribution in [0.5, 0.6) is 0 Å². The zero-order valence-electron chi connectivity index (χ0n) is 11.9. The quantitative estimate of drug-likeness (QED) is 0.859. The van der Waals surface area contributed by atoms with Gasteiger partial charge in [0.1, 0.15) is 0 Å². The van der Waals surface area contributed by atoms with Crippen molar-refractivity contribution in [3.05, 3.63) is 29.8 Å². The Kier molecular flexibility index (Phi) is 3.76. The highest BCUT2D eigenvalue weighted by Crippen LogP contribution is 2.33. The van der Waals surface area contributed by atoms with E-state index in [0.29, 0.717) is 0 Å². The van der Waals surface area contributed by atoms with Crippen molar-refractivity contribution in [3.63, 3.8) is 0 Å². The number of nitrogens with zero attached hydrogens (tertiary/aromatic N) is 1. The maximum atomic E-state index is 11.8. The van der Waals surface area contributed by atoms with Crippen molar-refractivity contribution in [2.45, 2.75) is 37.6 Å². The van der Waals surface area contributed by atoms with Crippen LogP contribution in [0.3, 0.4) is 0 Å². The fraction of sp³-hybridized carbons (Fsp3) is 0.562. The minimum absolute atomic E-state index is 0.0534. The summed E-state index contributed by atoms with van der Waals surface area (Å²) in [6.07, 6.45) is 5.35. The highest BCUT2D eigenvalue weighted by molar-refractivity contribution is 6.00. The SMILES string of the molecule is NC1(C(=O)Nc2ccc(CCN3CCCC3)cc2)CC1. The Balaban J connectivity index is 1.50. The largest absolute Gasteiger partial charge is 0.324 e. The molecule has 0 unspecified atom stereocenters. The maximum absolute atomic E-state index is 11.8. The summed E-state index contributed by atoms with van der Waals surface area (Å²) in [7, 11) is 0. The van der Waals surface area contributed by atoms with Crippen LogP contribution in [-0.2, 0) is 11.2 Å². The van der Waals surface area contributed by atoms with Gasteiger partial charge in [-0.05, 0) is 62.9 Å². The Morgan fingerprint density at radius 1 is 1.20 bits per heavy atom. The van der Waals surface area contributed by atoms with E-state index in [1.807, 2.05) is 12.1 Å². The van der Waals surface area contributed by atoms with Gasteiger partial charge < -0.3 is 16.0 Å². The van der Waals surface area contributed by atoms with E-state index in [9.17, 15) is 4.79 Å². The smallest absolute Gasteiger partial charge is 0.244 e. The first-order chi connectivity index (χ1) is 9.66. The molecule has 2 aliphatic rings. The van der Waals surface area contributed by atoms with E-state index < -0.39 is 5.54 Å². The second kappa shape index (κ2) is 5.54. The fourth-order valence-electron chi connectivity index (χ4n) is 2.67. The average molecular weight is 273 g/mol. The molecular formula is C16H23N3O. The predicted octanol–water partition coefficient (Wildman–Crippen LogP) is 1.75. The molecule has 1 saturated carbocycles. The van der Waals surface area contributed by atoms with Crippen molar-refractivity contribution >= 4 is 11.6 Å². The van der Waals surface area contributed by atoms with Gasteiger partial charge in [-0.3, -0.25) is 4.79 Å². The van der Waals surface area contributed by atoms with Gasteiger partial charge in [0.25, 0.3) is 0 Å². The molecule has 2 fully saturated rings. The Morgan fingerprint density at radius 3 is 2.45 bits per heavy atom. The summed E-state index contributed by atoms with van der Waals surface area (Å²) in [5.74, 6) is -0.0534. The number of likely N-dealkylation sites (tertiary alicyclic amines) is 1. The van der Waals surface area contributed by atoms with Crippen molar-refractivity contribution in [3.8, 4) is 0 Å². The molecule has 0 radical (unpaired) electrons. The van der Waals surface area contributed by atoms with E-state index in [-0.39, 0.29) is 5.91 Å². The van der Waals surface area contributed by atoms with Gasteiger partial charge in [-0.1, -0.05) is 12.1 Å². The van der Waals surface area contributed by atoms with Crippen LogP contribution in [0.4, 0.5) is 5.69 Å². The second-order valence-corrected chi connectivity index (χ2v) is 6.11. The molecular weight excluding hydrogens is 250 g/mol. The number of carbonyl (C=O) groups is 1. The third kappa shape index (κ3) is 3.19. The van der Waals surface area contributed by atoms with Crippen molar-refractivity contribution < 1.29 is 4.79 Å². The highest BCUT2D eigenvalue weighted by atomic mass is 16.2. The molecule has 0 atom stereocenters. The molecule has 0 spiro atoms. The lowest BCUT2D eigenvalue weighted by molar-refractivity contribution is -0.118. The number of benzene rings is 1. The van der Waals surface area contributed by atoms with Crippen molar-refractivity contribution in [2.75, 3.05) is 25.0 Å². The minimum Gasteiger partial charge on any atom is -0.324 e. The normalized spacial score (nSPS) is 20.9. The molecule has 1 heterocycles. The Labute approximate surface area is 120 Å². The summed E-state index contributed by atoms with van der Waals surface area (Å²) >= 11 is 0. The second-order valence-electron chi connectivity index (χ2n) is 6.11. The lowest BCUT2D eigenvalue weighted by atomic mass is 10.1. The lowest BCUT2D eigenvalue weighted by Gasteiger charge is -2.14. The zero-order chi connectivity index (χ0) is 14.0. The standard InChI is InChI=1S/C16H23N3O/c17-16(8-9-16)15(20)18-14-5-3-13(4-6-14)7-12-19-10-1-2-11-19/h3-6H,1-2,7-12,17H2,(H,18,20). The van der Waals surface area contributed by atoms with E-state index in [4.69, 9.17) is 5.73 Å². The van der Waals surface area contributed by atoms with Gasteiger partial charge in [-0.25, -0.2) is 0 Å². The van der Waals surface area contributed by atoms with Crippen LogP contribution >= 0.6 is 0 Å². The van der Waals surface area contributed by atoms with Gasteiger partial charge >= 0.3 is 0 Å². The molecule has 3 rings (SSSR count). The molecule has 0 aromatic heterocycles. The molecule has 1 aromatic rings.